The SMILES string of the molecule is Cl.N#CC[C@@H](N)c1ccc2c(c1)CCO2. The second-order valence-corrected chi connectivity index (χ2v) is 3.43. The van der Waals surface area contributed by atoms with E-state index in [1.54, 1.807) is 0 Å². The third kappa shape index (κ3) is 2.41. The lowest BCUT2D eigenvalue weighted by atomic mass is 10.0. The van der Waals surface area contributed by atoms with E-state index < -0.39 is 0 Å². The average Bonchev–Trinajstić information content (AvgIpc) is 2.64. The molecule has 0 bridgehead atoms. The Hall–Kier alpha value is -1.24. The van der Waals surface area contributed by atoms with E-state index in [4.69, 9.17) is 15.7 Å². The van der Waals surface area contributed by atoms with Crippen LogP contribution in [0.25, 0.3) is 0 Å². The van der Waals surface area contributed by atoms with Crippen molar-refractivity contribution in [3.05, 3.63) is 29.3 Å². The summed E-state index contributed by atoms with van der Waals surface area (Å²) in [7, 11) is 0. The molecule has 1 aliphatic heterocycles. The van der Waals surface area contributed by atoms with Crippen molar-refractivity contribution >= 4 is 12.4 Å². The number of nitrogens with zero attached hydrogens (tertiary/aromatic N) is 1. The molecule has 2 rings (SSSR count). The number of fused-ring (bicyclic) bond motifs is 1. The van der Waals surface area contributed by atoms with E-state index in [9.17, 15) is 0 Å². The molecule has 2 N–H and O–H groups in total. The Bertz CT molecular complexity index is 387. The van der Waals surface area contributed by atoms with Gasteiger partial charge in [0, 0.05) is 12.5 Å². The highest BCUT2D eigenvalue weighted by molar-refractivity contribution is 5.85. The largest absolute Gasteiger partial charge is 0.493 e. The molecule has 0 aliphatic carbocycles. The zero-order valence-electron chi connectivity index (χ0n) is 8.27. The van der Waals surface area contributed by atoms with Gasteiger partial charge in [-0.3, -0.25) is 0 Å². The summed E-state index contributed by atoms with van der Waals surface area (Å²) < 4.78 is 5.39. The first kappa shape index (κ1) is 11.8. The fraction of sp³-hybridized carbons (Fsp3) is 0.364. The Morgan fingerprint density at radius 1 is 1.53 bits per heavy atom. The van der Waals surface area contributed by atoms with Gasteiger partial charge in [-0.15, -0.1) is 12.4 Å². The van der Waals surface area contributed by atoms with Gasteiger partial charge in [-0.1, -0.05) is 12.1 Å². The van der Waals surface area contributed by atoms with E-state index in [1.807, 2.05) is 18.2 Å². The standard InChI is InChI=1S/C11H12N2O.ClH/c12-5-3-10(13)8-1-2-11-9(7-8)4-6-14-11;/h1-2,7,10H,3-4,6,13H2;1H/t10-;/m1./s1. The Labute approximate surface area is 95.2 Å². The van der Waals surface area contributed by atoms with Gasteiger partial charge in [0.25, 0.3) is 0 Å². The number of nitriles is 1. The lowest BCUT2D eigenvalue weighted by Gasteiger charge is -2.08. The maximum absolute atomic E-state index is 8.54. The summed E-state index contributed by atoms with van der Waals surface area (Å²) in [5.41, 5.74) is 8.06. The predicted molar refractivity (Wildman–Crippen MR) is 60.0 cm³/mol. The third-order valence-electron chi connectivity index (χ3n) is 2.45. The molecule has 3 nitrogen and oxygen atoms in total. The van der Waals surface area contributed by atoms with Crippen LogP contribution in [0.1, 0.15) is 23.6 Å². The van der Waals surface area contributed by atoms with Crippen molar-refractivity contribution in [3.8, 4) is 11.8 Å². The molecule has 1 aromatic carbocycles. The topological polar surface area (TPSA) is 59.0 Å². The van der Waals surface area contributed by atoms with Gasteiger partial charge in [-0.05, 0) is 17.2 Å². The molecule has 1 aliphatic rings. The van der Waals surface area contributed by atoms with Gasteiger partial charge in [-0.25, -0.2) is 0 Å². The molecule has 0 aromatic heterocycles. The second kappa shape index (κ2) is 5.01. The molecule has 0 saturated heterocycles. The first-order valence-corrected chi connectivity index (χ1v) is 4.69. The Balaban J connectivity index is 0.00000112. The van der Waals surface area contributed by atoms with Gasteiger partial charge >= 0.3 is 0 Å². The molecule has 0 unspecified atom stereocenters. The molecule has 0 amide bonds. The average molecular weight is 225 g/mol. The summed E-state index contributed by atoms with van der Waals surface area (Å²) in [6.45, 7) is 0.756. The van der Waals surface area contributed by atoms with Crippen LogP contribution in [0.2, 0.25) is 0 Å². The minimum absolute atomic E-state index is 0. The molecule has 0 spiro atoms. The van der Waals surface area contributed by atoms with Crippen LogP contribution in [-0.2, 0) is 6.42 Å². The summed E-state index contributed by atoms with van der Waals surface area (Å²) >= 11 is 0. The smallest absolute Gasteiger partial charge is 0.122 e. The summed E-state index contributed by atoms with van der Waals surface area (Å²) in [5.74, 6) is 0.956. The minimum atomic E-state index is -0.175. The number of benzene rings is 1. The highest BCUT2D eigenvalue weighted by Crippen LogP contribution is 2.28. The molecule has 15 heavy (non-hydrogen) atoms. The summed E-state index contributed by atoms with van der Waals surface area (Å²) in [4.78, 5) is 0. The Morgan fingerprint density at radius 2 is 2.33 bits per heavy atom. The van der Waals surface area contributed by atoms with Crippen molar-refractivity contribution in [3.63, 3.8) is 0 Å². The first-order valence-electron chi connectivity index (χ1n) is 4.69. The molecule has 1 atom stereocenters. The van der Waals surface area contributed by atoms with E-state index in [0.717, 1.165) is 24.3 Å². The molecule has 0 fully saturated rings. The van der Waals surface area contributed by atoms with E-state index in [-0.39, 0.29) is 18.4 Å². The molecule has 1 heterocycles. The predicted octanol–water partition coefficient (Wildman–Crippen LogP) is 1.96. The van der Waals surface area contributed by atoms with E-state index >= 15 is 0 Å². The second-order valence-electron chi connectivity index (χ2n) is 3.43. The van der Waals surface area contributed by atoms with Crippen molar-refractivity contribution < 1.29 is 4.74 Å². The van der Waals surface area contributed by atoms with E-state index in [2.05, 4.69) is 6.07 Å². The third-order valence-corrected chi connectivity index (χ3v) is 2.45. The van der Waals surface area contributed by atoms with Crippen LogP contribution in [0, 0.1) is 11.3 Å². The highest BCUT2D eigenvalue weighted by Gasteiger charge is 2.14. The van der Waals surface area contributed by atoms with Gasteiger partial charge in [-0.2, -0.15) is 5.26 Å². The van der Waals surface area contributed by atoms with Gasteiger partial charge in [0.05, 0.1) is 19.1 Å². The monoisotopic (exact) mass is 224 g/mol. The fourth-order valence-electron chi connectivity index (χ4n) is 1.65. The molecule has 0 saturated carbocycles. The lowest BCUT2D eigenvalue weighted by molar-refractivity contribution is 0.357. The molecule has 80 valence electrons. The molecular formula is C11H13ClN2O. The summed E-state index contributed by atoms with van der Waals surface area (Å²) in [5, 5.41) is 8.54. The summed E-state index contributed by atoms with van der Waals surface area (Å²) in [6, 6.07) is 7.82. The van der Waals surface area contributed by atoms with Crippen molar-refractivity contribution in [1.82, 2.24) is 0 Å². The lowest BCUT2D eigenvalue weighted by Crippen LogP contribution is -2.09. The van der Waals surface area contributed by atoms with Crippen LogP contribution in [-0.4, -0.2) is 6.61 Å². The maximum Gasteiger partial charge on any atom is 0.122 e. The normalized spacial score (nSPS) is 14.4. The minimum Gasteiger partial charge on any atom is -0.493 e. The summed E-state index contributed by atoms with van der Waals surface area (Å²) in [6.07, 6.45) is 1.31. The van der Waals surface area contributed by atoms with E-state index in [0.29, 0.717) is 6.42 Å². The number of nitrogens with two attached hydrogens (primary N) is 1. The van der Waals surface area contributed by atoms with Crippen LogP contribution in [0.4, 0.5) is 0 Å². The molecular weight excluding hydrogens is 212 g/mol. The number of halogens is 1. The van der Waals surface area contributed by atoms with Crippen LogP contribution in [0.15, 0.2) is 18.2 Å². The van der Waals surface area contributed by atoms with Crippen LogP contribution >= 0.6 is 12.4 Å². The number of hydrogen-bond donors (Lipinski definition) is 1. The van der Waals surface area contributed by atoms with Gasteiger partial charge < -0.3 is 10.5 Å². The van der Waals surface area contributed by atoms with Crippen molar-refractivity contribution in [2.24, 2.45) is 5.73 Å². The van der Waals surface area contributed by atoms with Crippen LogP contribution in [0.5, 0.6) is 5.75 Å². The zero-order chi connectivity index (χ0) is 9.97. The Kier molecular flexibility index (Phi) is 3.96. The van der Waals surface area contributed by atoms with Crippen molar-refractivity contribution in [1.29, 1.82) is 5.26 Å². The first-order chi connectivity index (χ1) is 6.81. The number of hydrogen-bond acceptors (Lipinski definition) is 3. The molecule has 0 radical (unpaired) electrons. The van der Waals surface area contributed by atoms with Gasteiger partial charge in [0.1, 0.15) is 5.75 Å². The highest BCUT2D eigenvalue weighted by atomic mass is 35.5. The molecule has 1 aromatic rings. The fourth-order valence-corrected chi connectivity index (χ4v) is 1.65. The molecule has 4 heteroatoms. The van der Waals surface area contributed by atoms with Gasteiger partial charge in [0.15, 0.2) is 0 Å². The Morgan fingerprint density at radius 3 is 3.07 bits per heavy atom. The van der Waals surface area contributed by atoms with Crippen LogP contribution < -0.4 is 10.5 Å². The zero-order valence-corrected chi connectivity index (χ0v) is 9.09. The maximum atomic E-state index is 8.54. The van der Waals surface area contributed by atoms with Crippen molar-refractivity contribution in [2.75, 3.05) is 6.61 Å². The number of ether oxygens (including phenoxy) is 1. The number of rotatable bonds is 2. The quantitative estimate of drug-likeness (QED) is 0.836. The van der Waals surface area contributed by atoms with Crippen molar-refractivity contribution in [2.45, 2.75) is 18.9 Å². The van der Waals surface area contributed by atoms with E-state index in [1.165, 1.54) is 5.56 Å². The van der Waals surface area contributed by atoms with Crippen LogP contribution in [0.3, 0.4) is 0 Å². The van der Waals surface area contributed by atoms with Gasteiger partial charge in [0.2, 0.25) is 0 Å².